The van der Waals surface area contributed by atoms with Crippen LogP contribution in [0.1, 0.15) is 25.8 Å². The fourth-order valence-electron chi connectivity index (χ4n) is 2.86. The third-order valence-electron chi connectivity index (χ3n) is 4.34. The van der Waals surface area contributed by atoms with Crippen molar-refractivity contribution in [3.63, 3.8) is 0 Å². The molecule has 1 N–H and O–H groups in total. The van der Waals surface area contributed by atoms with Gasteiger partial charge in [-0.1, -0.05) is 59.4 Å². The Kier molecular flexibility index (Phi) is 9.56. The van der Waals surface area contributed by atoms with E-state index in [0.29, 0.717) is 44.4 Å². The summed E-state index contributed by atoms with van der Waals surface area (Å²) >= 11 is 24.3. The van der Waals surface area contributed by atoms with Crippen LogP contribution in [0.15, 0.2) is 36.4 Å². The second-order valence-corrected chi connectivity index (χ2v) is 8.13. The number of nitrogens with one attached hydrogen (secondary N) is 1. The SMILES string of the molecule is CCNC(=O)C(CC)N(Cc1ccc(Cl)cc1Cl)C(=O)COc1ccc(Cl)cc1Cl. The summed E-state index contributed by atoms with van der Waals surface area (Å²) in [5, 5.41) is 4.41. The number of nitrogens with zero attached hydrogens (tertiary/aromatic N) is 1. The van der Waals surface area contributed by atoms with Crippen molar-refractivity contribution in [2.24, 2.45) is 0 Å². The Morgan fingerprint density at radius 1 is 1.00 bits per heavy atom. The Labute approximate surface area is 196 Å². The van der Waals surface area contributed by atoms with Crippen molar-refractivity contribution in [1.29, 1.82) is 0 Å². The molecular formula is C21H22Cl4N2O3. The van der Waals surface area contributed by atoms with Crippen molar-refractivity contribution in [2.75, 3.05) is 13.2 Å². The first-order valence-corrected chi connectivity index (χ1v) is 10.9. The fourth-order valence-corrected chi connectivity index (χ4v) is 3.79. The van der Waals surface area contributed by atoms with Gasteiger partial charge in [0.25, 0.3) is 5.91 Å². The number of ether oxygens (including phenoxy) is 1. The van der Waals surface area contributed by atoms with Gasteiger partial charge in [-0.25, -0.2) is 0 Å². The molecule has 0 bridgehead atoms. The number of hydrogen-bond donors (Lipinski definition) is 1. The topological polar surface area (TPSA) is 58.6 Å². The zero-order valence-corrected chi connectivity index (χ0v) is 19.6. The maximum Gasteiger partial charge on any atom is 0.261 e. The van der Waals surface area contributed by atoms with Gasteiger partial charge in [0.05, 0.1) is 5.02 Å². The molecule has 0 heterocycles. The summed E-state index contributed by atoms with van der Waals surface area (Å²) in [5.41, 5.74) is 0.668. The van der Waals surface area contributed by atoms with E-state index in [9.17, 15) is 9.59 Å². The molecule has 0 saturated carbocycles. The maximum absolute atomic E-state index is 13.1. The standard InChI is InChI=1S/C21H22Cl4N2O3/c1-3-18(21(29)26-4-2)27(11-13-5-6-14(22)9-16(13)24)20(28)12-30-19-8-7-15(23)10-17(19)25/h5-10,18H,3-4,11-12H2,1-2H3,(H,26,29). The van der Waals surface area contributed by atoms with Gasteiger partial charge in [0.1, 0.15) is 11.8 Å². The number of hydrogen-bond acceptors (Lipinski definition) is 3. The molecule has 30 heavy (non-hydrogen) atoms. The lowest BCUT2D eigenvalue weighted by Crippen LogP contribution is -2.50. The third kappa shape index (κ3) is 6.67. The summed E-state index contributed by atoms with van der Waals surface area (Å²) in [6, 6.07) is 9.04. The van der Waals surface area contributed by atoms with Gasteiger partial charge in [-0.15, -0.1) is 0 Å². The highest BCUT2D eigenvalue weighted by molar-refractivity contribution is 6.35. The number of benzene rings is 2. The first-order valence-electron chi connectivity index (χ1n) is 9.35. The first kappa shape index (κ1) is 24.6. The van der Waals surface area contributed by atoms with Gasteiger partial charge in [0.15, 0.2) is 6.61 Å². The van der Waals surface area contributed by atoms with E-state index in [1.165, 1.54) is 11.0 Å². The molecule has 1 unspecified atom stereocenters. The van der Waals surface area contributed by atoms with Crippen LogP contribution in [0.25, 0.3) is 0 Å². The highest BCUT2D eigenvalue weighted by atomic mass is 35.5. The average Bonchev–Trinajstić information content (AvgIpc) is 2.68. The van der Waals surface area contributed by atoms with E-state index >= 15 is 0 Å². The average molecular weight is 492 g/mol. The third-order valence-corrected chi connectivity index (χ3v) is 5.46. The molecule has 0 aliphatic heterocycles. The molecular weight excluding hydrogens is 470 g/mol. The van der Waals surface area contributed by atoms with Crippen LogP contribution in [0.3, 0.4) is 0 Å². The zero-order chi connectivity index (χ0) is 22.3. The Bertz CT molecular complexity index is 908. The van der Waals surface area contributed by atoms with Crippen molar-refractivity contribution in [2.45, 2.75) is 32.9 Å². The molecule has 2 aromatic carbocycles. The molecule has 0 fully saturated rings. The van der Waals surface area contributed by atoms with E-state index in [4.69, 9.17) is 51.1 Å². The Morgan fingerprint density at radius 3 is 2.20 bits per heavy atom. The van der Waals surface area contributed by atoms with Gasteiger partial charge in [0.2, 0.25) is 5.91 Å². The largest absolute Gasteiger partial charge is 0.482 e. The lowest BCUT2D eigenvalue weighted by atomic mass is 10.1. The molecule has 0 saturated heterocycles. The van der Waals surface area contributed by atoms with Crippen LogP contribution in [0, 0.1) is 0 Å². The van der Waals surface area contributed by atoms with Crippen molar-refractivity contribution >= 4 is 58.2 Å². The molecule has 1 atom stereocenters. The van der Waals surface area contributed by atoms with Gasteiger partial charge in [-0.2, -0.15) is 0 Å². The summed E-state index contributed by atoms with van der Waals surface area (Å²) in [4.78, 5) is 27.1. The molecule has 0 radical (unpaired) electrons. The number of carbonyl (C=O) groups is 2. The molecule has 5 nitrogen and oxygen atoms in total. The van der Waals surface area contributed by atoms with E-state index < -0.39 is 6.04 Å². The van der Waals surface area contributed by atoms with Crippen LogP contribution >= 0.6 is 46.4 Å². The van der Waals surface area contributed by atoms with Gasteiger partial charge in [-0.05, 0) is 49.2 Å². The second-order valence-electron chi connectivity index (χ2n) is 6.44. The monoisotopic (exact) mass is 490 g/mol. The van der Waals surface area contributed by atoms with Crippen molar-refractivity contribution < 1.29 is 14.3 Å². The second kappa shape index (κ2) is 11.7. The Balaban J connectivity index is 2.26. The first-order chi connectivity index (χ1) is 14.3. The van der Waals surface area contributed by atoms with Crippen molar-refractivity contribution in [1.82, 2.24) is 10.2 Å². The quantitative estimate of drug-likeness (QED) is 0.495. The Hall–Kier alpha value is -1.66. The smallest absolute Gasteiger partial charge is 0.261 e. The predicted octanol–water partition coefficient (Wildman–Crippen LogP) is 5.62. The van der Waals surface area contributed by atoms with Crippen LogP contribution in [0.2, 0.25) is 20.1 Å². The number of rotatable bonds is 9. The normalized spacial score (nSPS) is 11.7. The van der Waals surface area contributed by atoms with Crippen LogP contribution in [-0.2, 0) is 16.1 Å². The minimum atomic E-state index is -0.687. The zero-order valence-electron chi connectivity index (χ0n) is 16.6. The molecule has 9 heteroatoms. The number of amides is 2. The summed E-state index contributed by atoms with van der Waals surface area (Å²) in [5.74, 6) is -0.307. The fraction of sp³-hybridized carbons (Fsp3) is 0.333. The predicted molar refractivity (Wildman–Crippen MR) is 122 cm³/mol. The van der Waals surface area contributed by atoms with Gasteiger partial charge >= 0.3 is 0 Å². The van der Waals surface area contributed by atoms with Crippen LogP contribution in [-0.4, -0.2) is 35.9 Å². The number of halogens is 4. The lowest BCUT2D eigenvalue weighted by Gasteiger charge is -2.30. The van der Waals surface area contributed by atoms with Gasteiger partial charge < -0.3 is 15.0 Å². The van der Waals surface area contributed by atoms with Crippen LogP contribution < -0.4 is 10.1 Å². The summed E-state index contributed by atoms with van der Waals surface area (Å²) in [6.45, 7) is 3.93. The Morgan fingerprint density at radius 2 is 1.63 bits per heavy atom. The molecule has 2 rings (SSSR count). The molecule has 2 amide bonds. The van der Waals surface area contributed by atoms with Crippen LogP contribution in [0.4, 0.5) is 0 Å². The molecule has 0 aliphatic rings. The van der Waals surface area contributed by atoms with Crippen molar-refractivity contribution in [3.8, 4) is 5.75 Å². The summed E-state index contributed by atoms with van der Waals surface area (Å²) < 4.78 is 5.59. The molecule has 2 aromatic rings. The van der Waals surface area contributed by atoms with E-state index in [1.54, 1.807) is 30.3 Å². The van der Waals surface area contributed by atoms with Crippen LogP contribution in [0.5, 0.6) is 5.75 Å². The molecule has 162 valence electrons. The summed E-state index contributed by atoms with van der Waals surface area (Å²) in [7, 11) is 0. The minimum absolute atomic E-state index is 0.127. The highest BCUT2D eigenvalue weighted by Gasteiger charge is 2.29. The van der Waals surface area contributed by atoms with E-state index in [0.717, 1.165) is 0 Å². The highest BCUT2D eigenvalue weighted by Crippen LogP contribution is 2.28. The number of carbonyl (C=O) groups excluding carboxylic acids is 2. The van der Waals surface area contributed by atoms with E-state index in [2.05, 4.69) is 5.32 Å². The maximum atomic E-state index is 13.1. The summed E-state index contributed by atoms with van der Waals surface area (Å²) in [6.07, 6.45) is 0.421. The van der Waals surface area contributed by atoms with Crippen molar-refractivity contribution in [3.05, 3.63) is 62.1 Å². The van der Waals surface area contributed by atoms with E-state index in [1.807, 2.05) is 13.8 Å². The minimum Gasteiger partial charge on any atom is -0.482 e. The molecule has 0 aliphatic carbocycles. The van der Waals surface area contributed by atoms with E-state index in [-0.39, 0.29) is 25.0 Å². The molecule has 0 spiro atoms. The lowest BCUT2D eigenvalue weighted by molar-refractivity contribution is -0.142. The van der Waals surface area contributed by atoms with Gasteiger partial charge in [-0.3, -0.25) is 9.59 Å². The van der Waals surface area contributed by atoms with Gasteiger partial charge in [0, 0.05) is 28.2 Å². The number of likely N-dealkylation sites (N-methyl/N-ethyl adjacent to an activating group) is 1. The molecule has 0 aromatic heterocycles.